The summed E-state index contributed by atoms with van der Waals surface area (Å²) in [5, 5.41) is 12.7. The van der Waals surface area contributed by atoms with Crippen molar-refractivity contribution in [2.45, 2.75) is 0 Å². The second-order valence-corrected chi connectivity index (χ2v) is 3.80. The molecule has 0 aliphatic rings. The summed E-state index contributed by atoms with van der Waals surface area (Å²) < 4.78 is 0. The molecule has 0 bridgehead atoms. The van der Waals surface area contributed by atoms with Crippen molar-refractivity contribution in [2.75, 3.05) is 0 Å². The Morgan fingerprint density at radius 1 is 1.00 bits per heavy atom. The third-order valence-corrected chi connectivity index (χ3v) is 2.64. The number of aromatic amines is 1. The van der Waals surface area contributed by atoms with Crippen molar-refractivity contribution in [3.8, 4) is 0 Å². The Hall–Kier alpha value is -2.69. The van der Waals surface area contributed by atoms with Crippen molar-refractivity contribution >= 4 is 16.5 Å². The van der Waals surface area contributed by atoms with Crippen LogP contribution in [0.25, 0.3) is 10.8 Å². The first kappa shape index (κ1) is 10.5. The molecule has 0 aliphatic heterocycles. The van der Waals surface area contributed by atoms with Gasteiger partial charge in [-0.15, -0.1) is 9.91 Å². The molecule has 3 aromatic rings. The van der Waals surface area contributed by atoms with E-state index in [1.807, 2.05) is 42.5 Å². The molecule has 5 heteroatoms. The molecule has 0 saturated heterocycles. The molecule has 0 fully saturated rings. The van der Waals surface area contributed by atoms with Gasteiger partial charge in [0.05, 0.1) is 5.69 Å². The molecule has 2 aromatic carbocycles. The van der Waals surface area contributed by atoms with Gasteiger partial charge in [0.1, 0.15) is 0 Å². The SMILES string of the molecule is O=c1cc[nH]n1N=Nc1cccc2ccccc12. The Balaban J connectivity index is 2.08. The first-order valence-corrected chi connectivity index (χ1v) is 5.51. The van der Waals surface area contributed by atoms with Gasteiger partial charge in [-0.2, -0.15) is 0 Å². The molecule has 3 rings (SSSR count). The van der Waals surface area contributed by atoms with E-state index in [4.69, 9.17) is 0 Å². The number of benzene rings is 2. The maximum Gasteiger partial charge on any atom is 0.289 e. The van der Waals surface area contributed by atoms with Crippen molar-refractivity contribution in [1.82, 2.24) is 9.89 Å². The second-order valence-electron chi connectivity index (χ2n) is 3.80. The van der Waals surface area contributed by atoms with Crippen LogP contribution in [0.4, 0.5) is 5.69 Å². The van der Waals surface area contributed by atoms with E-state index in [-0.39, 0.29) is 5.56 Å². The Morgan fingerprint density at radius 2 is 1.83 bits per heavy atom. The molecule has 1 aromatic heterocycles. The van der Waals surface area contributed by atoms with Crippen molar-refractivity contribution in [1.29, 1.82) is 0 Å². The minimum absolute atomic E-state index is 0.237. The molecule has 1 N–H and O–H groups in total. The fourth-order valence-corrected chi connectivity index (χ4v) is 1.77. The van der Waals surface area contributed by atoms with Crippen molar-refractivity contribution in [2.24, 2.45) is 10.3 Å². The third kappa shape index (κ3) is 1.82. The number of nitrogens with one attached hydrogen (secondary N) is 1. The fraction of sp³-hybridized carbons (Fsp3) is 0. The second kappa shape index (κ2) is 4.29. The van der Waals surface area contributed by atoms with E-state index in [1.54, 1.807) is 0 Å². The zero-order valence-corrected chi connectivity index (χ0v) is 9.45. The lowest BCUT2D eigenvalue weighted by Gasteiger charge is -1.99. The first-order chi connectivity index (χ1) is 8.84. The molecule has 0 spiro atoms. The lowest BCUT2D eigenvalue weighted by molar-refractivity contribution is 0.670. The van der Waals surface area contributed by atoms with E-state index >= 15 is 0 Å². The van der Waals surface area contributed by atoms with Crippen LogP contribution in [0.5, 0.6) is 0 Å². The molecule has 0 atom stereocenters. The highest BCUT2D eigenvalue weighted by molar-refractivity contribution is 5.92. The molecule has 0 amide bonds. The fourth-order valence-electron chi connectivity index (χ4n) is 1.77. The van der Waals surface area contributed by atoms with Crippen LogP contribution >= 0.6 is 0 Å². The first-order valence-electron chi connectivity index (χ1n) is 5.51. The Kier molecular flexibility index (Phi) is 2.49. The van der Waals surface area contributed by atoms with Crippen LogP contribution < -0.4 is 5.56 Å². The zero-order chi connectivity index (χ0) is 12.4. The number of fused-ring (bicyclic) bond motifs is 1. The normalized spacial score (nSPS) is 11.3. The van der Waals surface area contributed by atoms with Gasteiger partial charge in [0, 0.05) is 17.6 Å². The number of rotatable bonds is 2. The summed E-state index contributed by atoms with van der Waals surface area (Å²) in [7, 11) is 0. The van der Waals surface area contributed by atoms with Crippen LogP contribution in [0.2, 0.25) is 0 Å². The Morgan fingerprint density at radius 3 is 2.67 bits per heavy atom. The number of H-pyrrole nitrogens is 1. The zero-order valence-electron chi connectivity index (χ0n) is 9.45. The molecule has 5 nitrogen and oxygen atoms in total. The summed E-state index contributed by atoms with van der Waals surface area (Å²) in [6.45, 7) is 0. The van der Waals surface area contributed by atoms with Gasteiger partial charge in [-0.3, -0.25) is 9.89 Å². The third-order valence-electron chi connectivity index (χ3n) is 2.64. The molecule has 0 aliphatic carbocycles. The quantitative estimate of drug-likeness (QED) is 0.685. The van der Waals surface area contributed by atoms with Crippen molar-refractivity contribution in [3.63, 3.8) is 0 Å². The topological polar surface area (TPSA) is 62.5 Å². The lowest BCUT2D eigenvalue weighted by Crippen LogP contribution is -2.09. The molecule has 18 heavy (non-hydrogen) atoms. The highest BCUT2D eigenvalue weighted by Gasteiger charge is 1.98. The molecular weight excluding hydrogens is 228 g/mol. The van der Waals surface area contributed by atoms with Crippen molar-refractivity contribution in [3.05, 3.63) is 65.1 Å². The van der Waals surface area contributed by atoms with Crippen LogP contribution in [-0.2, 0) is 0 Å². The number of hydrogen-bond donors (Lipinski definition) is 1. The van der Waals surface area contributed by atoms with Gasteiger partial charge in [0.25, 0.3) is 5.56 Å². The minimum Gasteiger partial charge on any atom is -0.281 e. The van der Waals surface area contributed by atoms with Crippen molar-refractivity contribution < 1.29 is 0 Å². The van der Waals surface area contributed by atoms with Gasteiger partial charge >= 0.3 is 0 Å². The van der Waals surface area contributed by atoms with Crippen LogP contribution in [0.1, 0.15) is 0 Å². The van der Waals surface area contributed by atoms with Gasteiger partial charge in [0.2, 0.25) is 0 Å². The maximum atomic E-state index is 11.3. The number of aromatic nitrogens is 2. The predicted octanol–water partition coefficient (Wildman–Crippen LogP) is 2.88. The number of hydrogen-bond acceptors (Lipinski definition) is 3. The van der Waals surface area contributed by atoms with E-state index in [2.05, 4.69) is 15.4 Å². The summed E-state index contributed by atoms with van der Waals surface area (Å²) in [5.41, 5.74) is 0.494. The monoisotopic (exact) mass is 238 g/mol. The summed E-state index contributed by atoms with van der Waals surface area (Å²) in [5.74, 6) is 0. The van der Waals surface area contributed by atoms with Gasteiger partial charge in [-0.25, -0.2) is 0 Å². The average molecular weight is 238 g/mol. The average Bonchev–Trinajstić information content (AvgIpc) is 2.82. The lowest BCUT2D eigenvalue weighted by atomic mass is 10.1. The summed E-state index contributed by atoms with van der Waals surface area (Å²) in [6, 6.07) is 15.1. The van der Waals surface area contributed by atoms with E-state index in [9.17, 15) is 4.79 Å². The Labute approximate surface area is 102 Å². The van der Waals surface area contributed by atoms with Gasteiger partial charge in [0.15, 0.2) is 0 Å². The standard InChI is InChI=1S/C13H10N4O/c18-13-8-9-14-17(13)16-15-12-7-3-5-10-4-1-2-6-11(10)12/h1-9,14H. The van der Waals surface area contributed by atoms with Gasteiger partial charge < -0.3 is 0 Å². The molecule has 88 valence electrons. The molecule has 0 radical (unpaired) electrons. The number of nitrogens with zero attached hydrogens (tertiary/aromatic N) is 3. The summed E-state index contributed by atoms with van der Waals surface area (Å²) in [6.07, 6.45) is 1.52. The van der Waals surface area contributed by atoms with E-state index in [0.29, 0.717) is 0 Å². The molecule has 0 unspecified atom stereocenters. The largest absolute Gasteiger partial charge is 0.289 e. The van der Waals surface area contributed by atoms with Crippen LogP contribution in [0, 0.1) is 0 Å². The Bertz CT molecular complexity index is 764. The molecule has 1 heterocycles. The summed E-state index contributed by atoms with van der Waals surface area (Å²) in [4.78, 5) is 12.4. The minimum atomic E-state index is -0.237. The highest BCUT2D eigenvalue weighted by Crippen LogP contribution is 2.25. The van der Waals surface area contributed by atoms with E-state index in [1.165, 1.54) is 12.3 Å². The maximum absolute atomic E-state index is 11.3. The summed E-state index contributed by atoms with van der Waals surface area (Å²) >= 11 is 0. The van der Waals surface area contributed by atoms with Gasteiger partial charge in [-0.05, 0) is 16.7 Å². The van der Waals surface area contributed by atoms with E-state index < -0.39 is 0 Å². The van der Waals surface area contributed by atoms with Crippen LogP contribution in [0.15, 0.2) is 69.9 Å². The molecular formula is C13H10N4O. The van der Waals surface area contributed by atoms with Gasteiger partial charge in [-0.1, -0.05) is 36.4 Å². The molecule has 0 saturated carbocycles. The van der Waals surface area contributed by atoms with E-state index in [0.717, 1.165) is 21.3 Å². The predicted molar refractivity (Wildman–Crippen MR) is 68.9 cm³/mol. The highest BCUT2D eigenvalue weighted by atomic mass is 16.1. The van der Waals surface area contributed by atoms with Crippen LogP contribution in [-0.4, -0.2) is 9.89 Å². The van der Waals surface area contributed by atoms with Crippen LogP contribution in [0.3, 0.4) is 0 Å². The smallest absolute Gasteiger partial charge is 0.281 e.